The van der Waals surface area contributed by atoms with Crippen LogP contribution in [0.1, 0.15) is 45.9 Å². The molecule has 24 heavy (non-hydrogen) atoms. The first-order valence-electron chi connectivity index (χ1n) is 7.99. The predicted octanol–water partition coefficient (Wildman–Crippen LogP) is 3.64. The van der Waals surface area contributed by atoms with Gasteiger partial charge in [-0.25, -0.2) is 0 Å². The van der Waals surface area contributed by atoms with E-state index in [4.69, 9.17) is 0 Å². The smallest absolute Gasteiger partial charge is 0.269 e. The molecule has 0 bridgehead atoms. The molecule has 2 aromatic rings. The van der Waals surface area contributed by atoms with Crippen LogP contribution in [-0.4, -0.2) is 10.8 Å². The summed E-state index contributed by atoms with van der Waals surface area (Å²) in [5.41, 5.74) is 2.65. The van der Waals surface area contributed by atoms with Gasteiger partial charge in [0.2, 0.25) is 0 Å². The Hall–Kier alpha value is -2.41. The number of fused-ring (bicyclic) bond motifs is 3. The van der Waals surface area contributed by atoms with Crippen molar-refractivity contribution in [3.63, 3.8) is 0 Å². The Bertz CT molecular complexity index is 846. The van der Waals surface area contributed by atoms with Crippen molar-refractivity contribution in [2.24, 2.45) is 5.92 Å². The molecule has 4 rings (SSSR count). The predicted molar refractivity (Wildman–Crippen MR) is 92.4 cm³/mol. The zero-order chi connectivity index (χ0) is 16.8. The monoisotopic (exact) mass is 343 g/mol. The molecular weight excluding hydrogens is 326 g/mol. The summed E-state index contributed by atoms with van der Waals surface area (Å²) in [5, 5.41) is 18.1. The van der Waals surface area contributed by atoms with Crippen molar-refractivity contribution in [3.05, 3.63) is 55.9 Å². The van der Waals surface area contributed by atoms with Crippen LogP contribution < -0.4 is 10.6 Å². The second-order valence-electron chi connectivity index (χ2n) is 6.46. The van der Waals surface area contributed by atoms with Gasteiger partial charge < -0.3 is 10.6 Å². The topological polar surface area (TPSA) is 84.3 Å². The lowest BCUT2D eigenvalue weighted by Gasteiger charge is -2.27. The lowest BCUT2D eigenvalue weighted by atomic mass is 9.88. The van der Waals surface area contributed by atoms with Crippen LogP contribution in [-0.2, 0) is 12.8 Å². The summed E-state index contributed by atoms with van der Waals surface area (Å²) in [5.74, 6) is 0.556. The van der Waals surface area contributed by atoms with Crippen LogP contribution >= 0.6 is 11.3 Å². The first-order valence-corrected chi connectivity index (χ1v) is 8.81. The van der Waals surface area contributed by atoms with E-state index in [0.717, 1.165) is 29.8 Å². The second-order valence-corrected chi connectivity index (χ2v) is 7.56. The van der Waals surface area contributed by atoms with Gasteiger partial charge in [-0.15, -0.1) is 11.3 Å². The van der Waals surface area contributed by atoms with Crippen LogP contribution in [0.5, 0.6) is 0 Å². The molecule has 2 N–H and O–H groups in total. The van der Waals surface area contributed by atoms with Crippen molar-refractivity contribution in [1.82, 2.24) is 5.32 Å². The number of hydrogen-bond donors (Lipinski definition) is 2. The molecule has 2 heterocycles. The molecular formula is C17H17N3O3S. The molecule has 2 atom stereocenters. The van der Waals surface area contributed by atoms with Crippen LogP contribution in [0.4, 0.5) is 10.7 Å². The van der Waals surface area contributed by atoms with E-state index in [1.54, 1.807) is 23.5 Å². The van der Waals surface area contributed by atoms with Gasteiger partial charge in [0.05, 0.1) is 10.5 Å². The molecule has 0 unspecified atom stereocenters. The molecule has 1 aromatic carbocycles. The summed E-state index contributed by atoms with van der Waals surface area (Å²) < 4.78 is 0. The van der Waals surface area contributed by atoms with E-state index < -0.39 is 11.1 Å². The number of benzene rings is 1. The Kier molecular flexibility index (Phi) is 3.53. The average molecular weight is 343 g/mol. The molecule has 1 aliphatic carbocycles. The first kappa shape index (κ1) is 15.1. The van der Waals surface area contributed by atoms with E-state index in [1.807, 2.05) is 0 Å². The number of carbonyl (C=O) groups is 1. The SMILES string of the molecule is C[C@H]1CCc2c(sc3c2C(=O)N[C@H](c2cccc([N+](=O)[O-])c2)N3)C1. The summed E-state index contributed by atoms with van der Waals surface area (Å²) >= 11 is 1.65. The van der Waals surface area contributed by atoms with E-state index in [-0.39, 0.29) is 11.6 Å². The standard InChI is InChI=1S/C17H17N3O3S/c1-9-5-6-12-13(7-9)24-17-14(12)16(21)18-15(19-17)10-3-2-4-11(8-10)20(22)23/h2-4,8-9,15,19H,5-7H2,1H3,(H,18,21)/t9-,15-/m0/s1. The van der Waals surface area contributed by atoms with E-state index in [0.29, 0.717) is 11.5 Å². The Morgan fingerprint density at radius 1 is 1.33 bits per heavy atom. The number of non-ortho nitro benzene ring substituents is 1. The highest BCUT2D eigenvalue weighted by molar-refractivity contribution is 7.16. The lowest BCUT2D eigenvalue weighted by Crippen LogP contribution is -2.38. The van der Waals surface area contributed by atoms with Crippen LogP contribution in [0, 0.1) is 16.0 Å². The van der Waals surface area contributed by atoms with Gasteiger partial charge in [-0.2, -0.15) is 0 Å². The van der Waals surface area contributed by atoms with Crippen LogP contribution in [0.2, 0.25) is 0 Å². The minimum atomic E-state index is -0.442. The normalized spacial score (nSPS) is 22.1. The van der Waals surface area contributed by atoms with Crippen LogP contribution in [0.25, 0.3) is 0 Å². The molecule has 1 aliphatic heterocycles. The first-order chi connectivity index (χ1) is 11.5. The van der Waals surface area contributed by atoms with E-state index >= 15 is 0 Å². The second kappa shape index (κ2) is 5.59. The highest BCUT2D eigenvalue weighted by atomic mass is 32.1. The highest BCUT2D eigenvalue weighted by Gasteiger charge is 2.33. The van der Waals surface area contributed by atoms with Gasteiger partial charge in [-0.05, 0) is 30.7 Å². The summed E-state index contributed by atoms with van der Waals surface area (Å²) in [6.07, 6.45) is 2.63. The molecule has 6 nitrogen and oxygen atoms in total. The molecule has 0 fully saturated rings. The Labute approximate surface area is 143 Å². The number of thiophene rings is 1. The van der Waals surface area contributed by atoms with Crippen molar-refractivity contribution in [1.29, 1.82) is 0 Å². The molecule has 7 heteroatoms. The lowest BCUT2D eigenvalue weighted by molar-refractivity contribution is -0.384. The number of nitrogens with zero attached hydrogens (tertiary/aromatic N) is 1. The van der Waals surface area contributed by atoms with E-state index in [9.17, 15) is 14.9 Å². The van der Waals surface area contributed by atoms with E-state index in [1.165, 1.54) is 22.6 Å². The summed E-state index contributed by atoms with van der Waals surface area (Å²) in [6, 6.07) is 6.37. The van der Waals surface area contributed by atoms with Gasteiger partial charge in [0.25, 0.3) is 11.6 Å². The van der Waals surface area contributed by atoms with Gasteiger partial charge in [-0.1, -0.05) is 19.1 Å². The van der Waals surface area contributed by atoms with Gasteiger partial charge >= 0.3 is 0 Å². The fraction of sp³-hybridized carbons (Fsp3) is 0.353. The summed E-state index contributed by atoms with van der Waals surface area (Å²) in [7, 11) is 0. The number of anilines is 1. The number of nitrogens with one attached hydrogen (secondary N) is 2. The Morgan fingerprint density at radius 2 is 2.17 bits per heavy atom. The van der Waals surface area contributed by atoms with E-state index in [2.05, 4.69) is 17.6 Å². The van der Waals surface area contributed by atoms with Crippen LogP contribution in [0.15, 0.2) is 24.3 Å². The molecule has 1 amide bonds. The van der Waals surface area contributed by atoms with Crippen LogP contribution in [0.3, 0.4) is 0 Å². The third kappa shape index (κ3) is 2.45. The molecule has 2 aliphatic rings. The molecule has 0 spiro atoms. The number of carbonyl (C=O) groups excluding carboxylic acids is 1. The van der Waals surface area contributed by atoms with Crippen molar-refractivity contribution < 1.29 is 9.72 Å². The third-order valence-corrected chi connectivity index (χ3v) is 5.89. The molecule has 0 radical (unpaired) electrons. The zero-order valence-electron chi connectivity index (χ0n) is 13.2. The van der Waals surface area contributed by atoms with Gasteiger partial charge in [0.1, 0.15) is 11.2 Å². The Balaban J connectivity index is 1.68. The Morgan fingerprint density at radius 3 is 2.96 bits per heavy atom. The number of nitro groups is 1. The molecule has 1 aromatic heterocycles. The number of rotatable bonds is 2. The largest absolute Gasteiger partial charge is 0.353 e. The highest BCUT2D eigenvalue weighted by Crippen LogP contribution is 2.42. The maximum absolute atomic E-state index is 12.6. The minimum absolute atomic E-state index is 0.0219. The number of hydrogen-bond acceptors (Lipinski definition) is 5. The average Bonchev–Trinajstić information content (AvgIpc) is 2.92. The van der Waals surface area contributed by atoms with Gasteiger partial charge in [-0.3, -0.25) is 14.9 Å². The van der Waals surface area contributed by atoms with Gasteiger partial charge in [0, 0.05) is 22.6 Å². The molecule has 124 valence electrons. The van der Waals surface area contributed by atoms with Gasteiger partial charge in [0.15, 0.2) is 0 Å². The van der Waals surface area contributed by atoms with Crippen molar-refractivity contribution in [2.45, 2.75) is 32.4 Å². The van der Waals surface area contributed by atoms with Crippen molar-refractivity contribution >= 4 is 27.9 Å². The molecule has 0 saturated heterocycles. The third-order valence-electron chi connectivity index (χ3n) is 4.70. The maximum Gasteiger partial charge on any atom is 0.269 e. The van der Waals surface area contributed by atoms with Crippen molar-refractivity contribution in [2.75, 3.05) is 5.32 Å². The zero-order valence-corrected chi connectivity index (χ0v) is 14.0. The number of nitro benzene ring substituents is 1. The fourth-order valence-corrected chi connectivity index (χ4v) is 4.88. The quantitative estimate of drug-likeness (QED) is 0.644. The summed E-state index contributed by atoms with van der Waals surface area (Å²) in [4.78, 5) is 24.5. The molecule has 0 saturated carbocycles. The minimum Gasteiger partial charge on any atom is -0.353 e. The number of amides is 1. The maximum atomic E-state index is 12.6. The summed E-state index contributed by atoms with van der Waals surface area (Å²) in [6.45, 7) is 2.24. The van der Waals surface area contributed by atoms with Crippen molar-refractivity contribution in [3.8, 4) is 0 Å². The fourth-order valence-electron chi connectivity index (χ4n) is 3.45.